The summed E-state index contributed by atoms with van der Waals surface area (Å²) < 4.78 is 25.3. The van der Waals surface area contributed by atoms with Crippen molar-refractivity contribution >= 4 is 53.1 Å². The minimum absolute atomic E-state index is 0.128. The van der Waals surface area contributed by atoms with Crippen LogP contribution in [0.25, 0.3) is 0 Å². The molecular formula is C12H6Br2N2O6S. The van der Waals surface area contributed by atoms with E-state index in [0.29, 0.717) is 0 Å². The van der Waals surface area contributed by atoms with Gasteiger partial charge < -0.3 is 0 Å². The first-order chi connectivity index (χ1) is 10.6. The van der Waals surface area contributed by atoms with Crippen LogP contribution in [0.3, 0.4) is 0 Å². The van der Waals surface area contributed by atoms with Crippen molar-refractivity contribution in [2.75, 3.05) is 0 Å². The van der Waals surface area contributed by atoms with Gasteiger partial charge in [-0.2, -0.15) is 0 Å². The molecule has 120 valence electrons. The molecule has 2 aromatic carbocycles. The second-order valence-electron chi connectivity index (χ2n) is 4.24. The molecule has 8 nitrogen and oxygen atoms in total. The molecule has 0 saturated carbocycles. The van der Waals surface area contributed by atoms with Crippen LogP contribution in [0.5, 0.6) is 0 Å². The van der Waals surface area contributed by atoms with E-state index >= 15 is 0 Å². The zero-order valence-electron chi connectivity index (χ0n) is 11.0. The van der Waals surface area contributed by atoms with E-state index in [4.69, 9.17) is 0 Å². The molecule has 0 bridgehead atoms. The summed E-state index contributed by atoms with van der Waals surface area (Å²) in [5.41, 5.74) is -0.838. The number of sulfone groups is 1. The van der Waals surface area contributed by atoms with Crippen LogP contribution in [-0.2, 0) is 9.84 Å². The van der Waals surface area contributed by atoms with Crippen molar-refractivity contribution in [2.24, 2.45) is 0 Å². The predicted molar refractivity (Wildman–Crippen MR) is 87.0 cm³/mol. The van der Waals surface area contributed by atoms with E-state index in [1.54, 1.807) is 0 Å². The molecule has 0 heterocycles. The number of hydrogen-bond donors (Lipinski definition) is 0. The maximum Gasteiger partial charge on any atom is 0.284 e. The van der Waals surface area contributed by atoms with Crippen molar-refractivity contribution in [1.29, 1.82) is 0 Å². The topological polar surface area (TPSA) is 120 Å². The Hall–Kier alpha value is -1.85. The fourth-order valence-corrected chi connectivity index (χ4v) is 3.82. The van der Waals surface area contributed by atoms with Gasteiger partial charge in [-0.25, -0.2) is 8.42 Å². The molecule has 23 heavy (non-hydrogen) atoms. The van der Waals surface area contributed by atoms with E-state index in [1.807, 2.05) is 0 Å². The average Bonchev–Trinajstić information content (AvgIpc) is 2.47. The van der Waals surface area contributed by atoms with Gasteiger partial charge in [-0.15, -0.1) is 0 Å². The number of rotatable bonds is 4. The summed E-state index contributed by atoms with van der Waals surface area (Å²) in [6, 6.07) is 6.62. The first kappa shape index (κ1) is 17.5. The molecule has 0 fully saturated rings. The third-order valence-electron chi connectivity index (χ3n) is 2.85. The van der Waals surface area contributed by atoms with Crippen molar-refractivity contribution in [1.82, 2.24) is 0 Å². The van der Waals surface area contributed by atoms with Crippen LogP contribution >= 0.6 is 31.9 Å². The van der Waals surface area contributed by atoms with E-state index < -0.39 is 31.1 Å². The molecule has 0 saturated heterocycles. The highest BCUT2D eigenvalue weighted by atomic mass is 79.9. The molecule has 0 amide bonds. The number of nitro groups is 2. The Kier molecular flexibility index (Phi) is 4.82. The molecule has 11 heteroatoms. The Bertz CT molecular complexity index is 860. The van der Waals surface area contributed by atoms with Crippen LogP contribution in [0.1, 0.15) is 0 Å². The average molecular weight is 466 g/mol. The van der Waals surface area contributed by atoms with Gasteiger partial charge in [0.15, 0.2) is 0 Å². The highest BCUT2D eigenvalue weighted by Gasteiger charge is 2.25. The molecule has 0 unspecified atom stereocenters. The van der Waals surface area contributed by atoms with Gasteiger partial charge in [0.1, 0.15) is 0 Å². The highest BCUT2D eigenvalue weighted by Crippen LogP contribution is 2.33. The van der Waals surface area contributed by atoms with Crippen LogP contribution in [-0.4, -0.2) is 18.3 Å². The molecule has 0 aliphatic carbocycles. The van der Waals surface area contributed by atoms with Crippen molar-refractivity contribution in [3.8, 4) is 0 Å². The van der Waals surface area contributed by atoms with Gasteiger partial charge in [-0.05, 0) is 56.1 Å². The molecule has 0 aliphatic rings. The predicted octanol–water partition coefficient (Wildman–Crippen LogP) is 3.86. The maximum atomic E-state index is 12.5. The lowest BCUT2D eigenvalue weighted by molar-refractivity contribution is -0.386. The van der Waals surface area contributed by atoms with E-state index in [-0.39, 0.29) is 18.7 Å². The molecule has 2 rings (SSSR count). The quantitative estimate of drug-likeness (QED) is 0.499. The fourth-order valence-electron chi connectivity index (χ4n) is 1.74. The van der Waals surface area contributed by atoms with E-state index in [1.165, 1.54) is 24.3 Å². The Morgan fingerprint density at radius 3 is 1.43 bits per heavy atom. The van der Waals surface area contributed by atoms with Crippen molar-refractivity contribution in [3.63, 3.8) is 0 Å². The van der Waals surface area contributed by atoms with Crippen LogP contribution < -0.4 is 0 Å². The molecule has 0 spiro atoms. The number of nitrogens with zero attached hydrogens (tertiary/aromatic N) is 2. The second kappa shape index (κ2) is 6.34. The summed E-state index contributed by atoms with van der Waals surface area (Å²) >= 11 is 5.92. The lowest BCUT2D eigenvalue weighted by Crippen LogP contribution is -2.04. The zero-order valence-corrected chi connectivity index (χ0v) is 15.0. The molecule has 0 aliphatic heterocycles. The molecular weight excluding hydrogens is 460 g/mol. The number of benzene rings is 2. The standard InChI is InChI=1S/C12H6Br2N2O6S/c13-9-3-1-7(5-11(9)15(17)18)23(21,22)8-2-4-10(14)12(6-8)16(19)20/h1-6H. The Balaban J connectivity index is 2.64. The van der Waals surface area contributed by atoms with Crippen LogP contribution in [0.2, 0.25) is 0 Å². The molecule has 0 N–H and O–H groups in total. The fraction of sp³-hybridized carbons (Fsp3) is 0. The van der Waals surface area contributed by atoms with E-state index in [2.05, 4.69) is 31.9 Å². The van der Waals surface area contributed by atoms with E-state index in [9.17, 15) is 28.6 Å². The Morgan fingerprint density at radius 1 is 0.783 bits per heavy atom. The van der Waals surface area contributed by atoms with E-state index in [0.717, 1.165) is 12.1 Å². The van der Waals surface area contributed by atoms with Crippen molar-refractivity contribution in [2.45, 2.75) is 9.79 Å². The number of hydrogen-bond acceptors (Lipinski definition) is 6. The van der Waals surface area contributed by atoms with Gasteiger partial charge in [0.2, 0.25) is 9.84 Å². The zero-order chi connectivity index (χ0) is 17.4. The summed E-state index contributed by atoms with van der Waals surface area (Å²) in [5.74, 6) is 0. The molecule has 2 aromatic rings. The van der Waals surface area contributed by atoms with Gasteiger partial charge >= 0.3 is 0 Å². The Labute approximate surface area is 146 Å². The van der Waals surface area contributed by atoms with Gasteiger partial charge in [0.05, 0.1) is 28.6 Å². The largest absolute Gasteiger partial charge is 0.284 e. The summed E-state index contributed by atoms with van der Waals surface area (Å²) in [4.78, 5) is 19.7. The smallest absolute Gasteiger partial charge is 0.258 e. The monoisotopic (exact) mass is 464 g/mol. The molecule has 0 aromatic heterocycles. The van der Waals surface area contributed by atoms with Gasteiger partial charge in [-0.3, -0.25) is 20.2 Å². The first-order valence-electron chi connectivity index (χ1n) is 5.77. The lowest BCUT2D eigenvalue weighted by Gasteiger charge is -2.06. The van der Waals surface area contributed by atoms with Crippen LogP contribution in [0.4, 0.5) is 11.4 Å². The summed E-state index contributed by atoms with van der Waals surface area (Å²) in [6.45, 7) is 0. The highest BCUT2D eigenvalue weighted by molar-refractivity contribution is 9.11. The maximum absolute atomic E-state index is 12.5. The SMILES string of the molecule is O=[N+]([O-])c1cc(S(=O)(=O)c2ccc(Br)c([N+](=O)[O-])c2)ccc1Br. The van der Waals surface area contributed by atoms with Crippen molar-refractivity contribution < 1.29 is 18.3 Å². The minimum atomic E-state index is -4.14. The number of nitro benzene ring substituents is 2. The normalized spacial score (nSPS) is 11.2. The minimum Gasteiger partial charge on any atom is -0.258 e. The summed E-state index contributed by atoms with van der Waals surface area (Å²) in [7, 11) is -4.14. The molecule has 0 radical (unpaired) electrons. The first-order valence-corrected chi connectivity index (χ1v) is 8.84. The third kappa shape index (κ3) is 3.41. The second-order valence-corrected chi connectivity index (χ2v) is 7.90. The van der Waals surface area contributed by atoms with Gasteiger partial charge in [0.25, 0.3) is 11.4 Å². The summed E-state index contributed by atoms with van der Waals surface area (Å²) in [5, 5.41) is 21.8. The lowest BCUT2D eigenvalue weighted by atomic mass is 10.3. The van der Waals surface area contributed by atoms with Crippen LogP contribution in [0, 0.1) is 20.2 Å². The van der Waals surface area contributed by atoms with Gasteiger partial charge in [0, 0.05) is 12.1 Å². The van der Waals surface area contributed by atoms with Crippen LogP contribution in [0.15, 0.2) is 55.1 Å². The number of halogens is 2. The molecule has 0 atom stereocenters. The summed E-state index contributed by atoms with van der Waals surface area (Å²) in [6.07, 6.45) is 0. The van der Waals surface area contributed by atoms with Gasteiger partial charge in [-0.1, -0.05) is 0 Å². The van der Waals surface area contributed by atoms with Crippen molar-refractivity contribution in [3.05, 3.63) is 65.6 Å². The third-order valence-corrected chi connectivity index (χ3v) is 5.94. The Morgan fingerprint density at radius 2 is 1.13 bits per heavy atom.